The van der Waals surface area contributed by atoms with E-state index in [-0.39, 0.29) is 17.2 Å². The lowest BCUT2D eigenvalue weighted by Gasteiger charge is -2.29. The second kappa shape index (κ2) is 4.88. The van der Waals surface area contributed by atoms with Crippen molar-refractivity contribution in [2.24, 2.45) is 5.92 Å². The molecule has 1 aromatic rings. The van der Waals surface area contributed by atoms with Gasteiger partial charge in [-0.05, 0) is 55.9 Å². The molecular formula is C15H20O4S. The third kappa shape index (κ3) is 1.95. The highest BCUT2D eigenvalue weighted by Crippen LogP contribution is 2.45. The van der Waals surface area contributed by atoms with Gasteiger partial charge < -0.3 is 5.11 Å². The number of aliphatic carboxylic acids is 1. The van der Waals surface area contributed by atoms with Crippen molar-refractivity contribution in [2.75, 3.05) is 0 Å². The van der Waals surface area contributed by atoms with E-state index in [4.69, 9.17) is 0 Å². The number of sulfone groups is 1. The van der Waals surface area contributed by atoms with E-state index >= 15 is 0 Å². The van der Waals surface area contributed by atoms with Crippen LogP contribution in [0.15, 0.2) is 23.1 Å². The van der Waals surface area contributed by atoms with Crippen LogP contribution in [0, 0.1) is 19.8 Å². The number of aryl methyl sites for hydroxylation is 2. The first-order valence-electron chi connectivity index (χ1n) is 6.79. The molecule has 5 heteroatoms. The fourth-order valence-corrected chi connectivity index (χ4v) is 5.36. The van der Waals surface area contributed by atoms with Crippen molar-refractivity contribution in [1.29, 1.82) is 0 Å². The zero-order chi connectivity index (χ0) is 15.1. The van der Waals surface area contributed by atoms with Crippen LogP contribution in [-0.4, -0.2) is 24.2 Å². The lowest BCUT2D eigenvalue weighted by atomic mass is 9.97. The molecule has 0 heterocycles. The molecule has 1 fully saturated rings. The predicted octanol–water partition coefficient (Wildman–Crippen LogP) is 2.72. The van der Waals surface area contributed by atoms with Crippen molar-refractivity contribution < 1.29 is 18.3 Å². The van der Waals surface area contributed by atoms with Crippen LogP contribution in [0.5, 0.6) is 0 Å². The normalized spacial score (nSPS) is 26.6. The predicted molar refractivity (Wildman–Crippen MR) is 76.5 cm³/mol. The Morgan fingerprint density at radius 3 is 2.40 bits per heavy atom. The second-order valence-corrected chi connectivity index (χ2v) is 7.94. The molecule has 2 unspecified atom stereocenters. The highest BCUT2D eigenvalue weighted by molar-refractivity contribution is 7.93. The Labute approximate surface area is 119 Å². The Bertz CT molecular complexity index is 648. The Morgan fingerprint density at radius 2 is 1.95 bits per heavy atom. The molecule has 20 heavy (non-hydrogen) atoms. The van der Waals surface area contributed by atoms with Gasteiger partial charge in [-0.3, -0.25) is 4.79 Å². The van der Waals surface area contributed by atoms with Crippen molar-refractivity contribution in [1.82, 2.24) is 0 Å². The van der Waals surface area contributed by atoms with Crippen LogP contribution >= 0.6 is 0 Å². The molecule has 0 aliphatic heterocycles. The quantitative estimate of drug-likeness (QED) is 0.931. The fraction of sp³-hybridized carbons (Fsp3) is 0.533. The van der Waals surface area contributed by atoms with Gasteiger partial charge >= 0.3 is 5.97 Å². The minimum atomic E-state index is -3.89. The summed E-state index contributed by atoms with van der Waals surface area (Å²) in [4.78, 5) is 11.8. The van der Waals surface area contributed by atoms with Crippen LogP contribution < -0.4 is 0 Å². The van der Waals surface area contributed by atoms with Gasteiger partial charge in [-0.15, -0.1) is 0 Å². The van der Waals surface area contributed by atoms with Crippen molar-refractivity contribution >= 4 is 15.8 Å². The van der Waals surface area contributed by atoms with Gasteiger partial charge in [0.2, 0.25) is 0 Å². The van der Waals surface area contributed by atoms with E-state index in [1.54, 1.807) is 19.1 Å². The number of rotatable bonds is 3. The molecule has 0 saturated heterocycles. The Balaban J connectivity index is 2.63. The summed E-state index contributed by atoms with van der Waals surface area (Å²) in [5, 5.41) is 9.58. The van der Waals surface area contributed by atoms with Crippen LogP contribution in [0.1, 0.15) is 37.3 Å². The minimum Gasteiger partial charge on any atom is -0.480 e. The van der Waals surface area contributed by atoms with Crippen LogP contribution in [0.25, 0.3) is 0 Å². The number of carboxylic acid groups (broad SMARTS) is 1. The largest absolute Gasteiger partial charge is 0.480 e. The summed E-state index contributed by atoms with van der Waals surface area (Å²) in [6, 6.07) is 4.84. The molecule has 4 nitrogen and oxygen atoms in total. The van der Waals surface area contributed by atoms with Crippen molar-refractivity contribution in [2.45, 2.75) is 49.7 Å². The lowest BCUT2D eigenvalue weighted by molar-refractivity contribution is -0.141. The maximum Gasteiger partial charge on any atom is 0.325 e. The summed E-state index contributed by atoms with van der Waals surface area (Å²) in [7, 11) is -3.89. The van der Waals surface area contributed by atoms with E-state index in [2.05, 4.69) is 0 Å². The van der Waals surface area contributed by atoms with Crippen molar-refractivity contribution in [3.8, 4) is 0 Å². The van der Waals surface area contributed by atoms with Crippen molar-refractivity contribution in [3.05, 3.63) is 29.3 Å². The molecule has 1 N–H and O–H groups in total. The third-order valence-corrected chi connectivity index (χ3v) is 7.23. The monoisotopic (exact) mass is 296 g/mol. The SMILES string of the molecule is Cc1ccc(S(=O)(=O)C2(C(=O)O)CCCC2C)cc1C. The summed E-state index contributed by atoms with van der Waals surface area (Å²) in [5.41, 5.74) is 1.85. The highest BCUT2D eigenvalue weighted by atomic mass is 32.2. The molecule has 2 rings (SSSR count). The van der Waals surface area contributed by atoms with Crippen LogP contribution in [0.3, 0.4) is 0 Å². The van der Waals surface area contributed by atoms with Gasteiger partial charge in [0.25, 0.3) is 0 Å². The van der Waals surface area contributed by atoms with E-state index in [0.717, 1.165) is 11.1 Å². The second-order valence-electron chi connectivity index (χ2n) is 5.74. The standard InChI is InChI=1S/C15H20O4S/c1-10-6-7-13(9-11(10)2)20(18,19)15(14(16)17)8-4-5-12(15)3/h6-7,9,12H,4-5,8H2,1-3H3,(H,16,17). The van der Waals surface area contributed by atoms with E-state index in [1.165, 1.54) is 6.07 Å². The average Bonchev–Trinajstić information content (AvgIpc) is 2.75. The molecule has 1 aromatic carbocycles. The number of carboxylic acids is 1. The molecule has 110 valence electrons. The molecular weight excluding hydrogens is 276 g/mol. The molecule has 0 bridgehead atoms. The molecule has 1 saturated carbocycles. The summed E-state index contributed by atoms with van der Waals surface area (Å²) < 4.78 is 24.1. The maximum atomic E-state index is 12.9. The van der Waals surface area contributed by atoms with E-state index < -0.39 is 20.6 Å². The molecule has 0 aromatic heterocycles. The number of hydrogen-bond donors (Lipinski definition) is 1. The summed E-state index contributed by atoms with van der Waals surface area (Å²) >= 11 is 0. The first-order chi connectivity index (χ1) is 9.23. The summed E-state index contributed by atoms with van der Waals surface area (Å²) in [6.07, 6.45) is 1.46. The van der Waals surface area contributed by atoms with Gasteiger partial charge in [0.1, 0.15) is 0 Å². The van der Waals surface area contributed by atoms with Gasteiger partial charge in [0, 0.05) is 0 Å². The Morgan fingerprint density at radius 1 is 1.30 bits per heavy atom. The highest BCUT2D eigenvalue weighted by Gasteiger charge is 2.57. The first-order valence-corrected chi connectivity index (χ1v) is 8.27. The smallest absolute Gasteiger partial charge is 0.325 e. The van der Waals surface area contributed by atoms with Gasteiger partial charge in [-0.1, -0.05) is 19.4 Å². The topological polar surface area (TPSA) is 71.4 Å². The van der Waals surface area contributed by atoms with E-state index in [9.17, 15) is 18.3 Å². The minimum absolute atomic E-state index is 0.122. The zero-order valence-electron chi connectivity index (χ0n) is 12.0. The van der Waals surface area contributed by atoms with Gasteiger partial charge in [-0.2, -0.15) is 0 Å². The fourth-order valence-electron chi connectivity index (χ4n) is 3.07. The molecule has 0 spiro atoms. The van der Waals surface area contributed by atoms with Gasteiger partial charge in [0.05, 0.1) is 4.90 Å². The molecule has 1 aliphatic rings. The van der Waals surface area contributed by atoms with Crippen LogP contribution in [0.2, 0.25) is 0 Å². The number of hydrogen-bond acceptors (Lipinski definition) is 3. The Hall–Kier alpha value is -1.36. The van der Waals surface area contributed by atoms with Crippen molar-refractivity contribution in [3.63, 3.8) is 0 Å². The molecule has 0 radical (unpaired) electrons. The van der Waals surface area contributed by atoms with E-state index in [0.29, 0.717) is 12.8 Å². The zero-order valence-corrected chi connectivity index (χ0v) is 12.8. The number of carbonyl (C=O) groups is 1. The molecule has 0 amide bonds. The molecule has 1 aliphatic carbocycles. The average molecular weight is 296 g/mol. The van der Waals surface area contributed by atoms with Crippen LogP contribution in [-0.2, 0) is 14.6 Å². The van der Waals surface area contributed by atoms with Gasteiger partial charge in [0.15, 0.2) is 14.6 Å². The van der Waals surface area contributed by atoms with Gasteiger partial charge in [-0.25, -0.2) is 8.42 Å². The lowest BCUT2D eigenvalue weighted by Crippen LogP contribution is -2.48. The Kier molecular flexibility index (Phi) is 3.67. The summed E-state index contributed by atoms with van der Waals surface area (Å²) in [5.74, 6) is -1.59. The third-order valence-electron chi connectivity index (χ3n) is 4.61. The van der Waals surface area contributed by atoms with E-state index in [1.807, 2.05) is 13.8 Å². The summed E-state index contributed by atoms with van der Waals surface area (Å²) in [6.45, 7) is 5.45. The molecule has 2 atom stereocenters. The van der Waals surface area contributed by atoms with Crippen LogP contribution in [0.4, 0.5) is 0 Å². The number of benzene rings is 1. The first kappa shape index (κ1) is 15.0. The maximum absolute atomic E-state index is 12.9.